The highest BCUT2D eigenvalue weighted by molar-refractivity contribution is 5.05. The molecule has 4 nitrogen and oxygen atoms in total. The Labute approximate surface area is 83.1 Å². The van der Waals surface area contributed by atoms with E-state index in [-0.39, 0.29) is 0 Å². The van der Waals surface area contributed by atoms with Gasteiger partial charge >= 0.3 is 0 Å². The van der Waals surface area contributed by atoms with Crippen LogP contribution in [0.1, 0.15) is 49.2 Å². The van der Waals surface area contributed by atoms with Gasteiger partial charge in [-0.2, -0.15) is 4.98 Å². The van der Waals surface area contributed by atoms with Crippen molar-refractivity contribution in [3.63, 3.8) is 0 Å². The zero-order valence-electron chi connectivity index (χ0n) is 8.20. The fourth-order valence-electron chi connectivity index (χ4n) is 2.22. The van der Waals surface area contributed by atoms with Crippen LogP contribution in [0.2, 0.25) is 0 Å². The van der Waals surface area contributed by atoms with Crippen molar-refractivity contribution in [2.75, 3.05) is 13.1 Å². The van der Waals surface area contributed by atoms with Crippen LogP contribution < -0.4 is 5.32 Å². The standard InChI is InChI=1S/C10H15N3O/c1-2-4-7(3-1)10-12-9(13-14-10)8-5-11-6-8/h7-8,11H,1-6H2. The van der Waals surface area contributed by atoms with Crippen molar-refractivity contribution < 1.29 is 4.52 Å². The molecule has 0 bridgehead atoms. The molecule has 1 aromatic heterocycles. The van der Waals surface area contributed by atoms with Crippen molar-refractivity contribution in [2.45, 2.75) is 37.5 Å². The first-order chi connectivity index (χ1) is 6.93. The third-order valence-electron chi connectivity index (χ3n) is 3.31. The van der Waals surface area contributed by atoms with Crippen molar-refractivity contribution in [2.24, 2.45) is 0 Å². The molecular formula is C10H15N3O. The number of nitrogens with one attached hydrogen (secondary N) is 1. The van der Waals surface area contributed by atoms with E-state index in [9.17, 15) is 0 Å². The molecule has 1 saturated carbocycles. The Morgan fingerprint density at radius 1 is 1.14 bits per heavy atom. The molecule has 0 spiro atoms. The van der Waals surface area contributed by atoms with Crippen molar-refractivity contribution >= 4 is 0 Å². The molecular weight excluding hydrogens is 178 g/mol. The predicted octanol–water partition coefficient (Wildman–Crippen LogP) is 1.41. The minimum atomic E-state index is 0.494. The maximum atomic E-state index is 5.32. The van der Waals surface area contributed by atoms with Gasteiger partial charge in [0, 0.05) is 24.9 Å². The summed E-state index contributed by atoms with van der Waals surface area (Å²) in [4.78, 5) is 4.50. The third kappa shape index (κ3) is 1.34. The lowest BCUT2D eigenvalue weighted by Crippen LogP contribution is -2.40. The van der Waals surface area contributed by atoms with Crippen LogP contribution in [0.15, 0.2) is 4.52 Å². The van der Waals surface area contributed by atoms with Gasteiger partial charge in [0.15, 0.2) is 5.82 Å². The predicted molar refractivity (Wildman–Crippen MR) is 51.1 cm³/mol. The second kappa shape index (κ2) is 3.35. The van der Waals surface area contributed by atoms with Crippen molar-refractivity contribution in [3.05, 3.63) is 11.7 Å². The number of hydrogen-bond donors (Lipinski definition) is 1. The molecule has 14 heavy (non-hydrogen) atoms. The summed E-state index contributed by atoms with van der Waals surface area (Å²) in [6.07, 6.45) is 5.08. The maximum absolute atomic E-state index is 5.32. The normalized spacial score (nSPS) is 24.0. The van der Waals surface area contributed by atoms with Crippen LogP contribution >= 0.6 is 0 Å². The van der Waals surface area contributed by atoms with E-state index in [1.54, 1.807) is 0 Å². The molecule has 4 heteroatoms. The number of rotatable bonds is 2. The first-order valence-electron chi connectivity index (χ1n) is 5.47. The van der Waals surface area contributed by atoms with E-state index in [4.69, 9.17) is 4.52 Å². The lowest BCUT2D eigenvalue weighted by Gasteiger charge is -2.23. The van der Waals surface area contributed by atoms with Gasteiger partial charge in [0.2, 0.25) is 5.89 Å². The minimum absolute atomic E-state index is 0.494. The minimum Gasteiger partial charge on any atom is -0.339 e. The van der Waals surface area contributed by atoms with E-state index < -0.39 is 0 Å². The van der Waals surface area contributed by atoms with Gasteiger partial charge in [0.25, 0.3) is 0 Å². The summed E-state index contributed by atoms with van der Waals surface area (Å²) in [5.41, 5.74) is 0. The van der Waals surface area contributed by atoms with E-state index in [1.807, 2.05) is 0 Å². The summed E-state index contributed by atoms with van der Waals surface area (Å²) in [6.45, 7) is 2.01. The van der Waals surface area contributed by atoms with E-state index >= 15 is 0 Å². The van der Waals surface area contributed by atoms with E-state index in [2.05, 4.69) is 15.5 Å². The lowest BCUT2D eigenvalue weighted by molar-refractivity contribution is 0.339. The summed E-state index contributed by atoms with van der Waals surface area (Å²) in [5, 5.41) is 7.27. The van der Waals surface area contributed by atoms with Crippen LogP contribution in [0.3, 0.4) is 0 Å². The summed E-state index contributed by atoms with van der Waals surface area (Å²) < 4.78 is 5.32. The SMILES string of the molecule is C1CCC(c2nc(C3CNC3)no2)C1. The summed E-state index contributed by atoms with van der Waals surface area (Å²) >= 11 is 0. The van der Waals surface area contributed by atoms with Crippen molar-refractivity contribution in [1.29, 1.82) is 0 Å². The van der Waals surface area contributed by atoms with Crippen molar-refractivity contribution in [1.82, 2.24) is 15.5 Å². The number of aromatic nitrogens is 2. The smallest absolute Gasteiger partial charge is 0.229 e. The van der Waals surface area contributed by atoms with Crippen LogP contribution in [0.4, 0.5) is 0 Å². The molecule has 0 radical (unpaired) electrons. The molecule has 0 unspecified atom stereocenters. The average molecular weight is 193 g/mol. The second-order valence-corrected chi connectivity index (χ2v) is 4.33. The Hall–Kier alpha value is -0.900. The second-order valence-electron chi connectivity index (χ2n) is 4.33. The Balaban J connectivity index is 1.75. The molecule has 1 saturated heterocycles. The molecule has 2 heterocycles. The first kappa shape index (κ1) is 8.41. The Morgan fingerprint density at radius 3 is 2.57 bits per heavy atom. The summed E-state index contributed by atoms with van der Waals surface area (Å²) in [7, 11) is 0. The van der Waals surface area contributed by atoms with E-state index in [0.29, 0.717) is 11.8 Å². The fraction of sp³-hybridized carbons (Fsp3) is 0.800. The molecule has 0 atom stereocenters. The quantitative estimate of drug-likeness (QED) is 0.771. The fourth-order valence-corrected chi connectivity index (χ4v) is 2.22. The number of hydrogen-bond acceptors (Lipinski definition) is 4. The summed E-state index contributed by atoms with van der Waals surface area (Å²) in [5.74, 6) is 2.83. The van der Waals surface area contributed by atoms with E-state index in [0.717, 1.165) is 24.8 Å². The van der Waals surface area contributed by atoms with Gasteiger partial charge in [-0.25, -0.2) is 0 Å². The molecule has 76 valence electrons. The molecule has 1 aliphatic carbocycles. The summed E-state index contributed by atoms with van der Waals surface area (Å²) in [6, 6.07) is 0. The Morgan fingerprint density at radius 2 is 1.93 bits per heavy atom. The highest BCUT2D eigenvalue weighted by Gasteiger charge is 2.27. The molecule has 1 aromatic rings. The van der Waals surface area contributed by atoms with Gasteiger partial charge in [0.05, 0.1) is 0 Å². The molecule has 2 aliphatic rings. The average Bonchev–Trinajstić information content (AvgIpc) is 2.65. The lowest BCUT2D eigenvalue weighted by atomic mass is 10.0. The van der Waals surface area contributed by atoms with Crippen LogP contribution in [0, 0.1) is 0 Å². The molecule has 1 aliphatic heterocycles. The van der Waals surface area contributed by atoms with Crippen LogP contribution in [0.5, 0.6) is 0 Å². The van der Waals surface area contributed by atoms with Crippen LogP contribution in [-0.4, -0.2) is 23.2 Å². The molecule has 3 rings (SSSR count). The molecule has 0 amide bonds. The van der Waals surface area contributed by atoms with Gasteiger partial charge in [-0.1, -0.05) is 18.0 Å². The third-order valence-corrected chi connectivity index (χ3v) is 3.31. The van der Waals surface area contributed by atoms with Crippen molar-refractivity contribution in [3.8, 4) is 0 Å². The largest absolute Gasteiger partial charge is 0.339 e. The van der Waals surface area contributed by atoms with E-state index in [1.165, 1.54) is 25.7 Å². The van der Waals surface area contributed by atoms with Crippen LogP contribution in [0.25, 0.3) is 0 Å². The highest BCUT2D eigenvalue weighted by Crippen LogP contribution is 2.33. The van der Waals surface area contributed by atoms with Gasteiger partial charge in [-0.05, 0) is 12.8 Å². The van der Waals surface area contributed by atoms with Gasteiger partial charge in [-0.15, -0.1) is 0 Å². The monoisotopic (exact) mass is 193 g/mol. The first-order valence-corrected chi connectivity index (χ1v) is 5.47. The highest BCUT2D eigenvalue weighted by atomic mass is 16.5. The molecule has 2 fully saturated rings. The molecule has 1 N–H and O–H groups in total. The molecule has 0 aromatic carbocycles. The van der Waals surface area contributed by atoms with Gasteiger partial charge in [-0.3, -0.25) is 0 Å². The number of nitrogens with zero attached hydrogens (tertiary/aromatic N) is 2. The van der Waals surface area contributed by atoms with Gasteiger partial charge < -0.3 is 9.84 Å². The zero-order chi connectivity index (χ0) is 9.38. The zero-order valence-corrected chi connectivity index (χ0v) is 8.20. The van der Waals surface area contributed by atoms with Gasteiger partial charge in [0.1, 0.15) is 0 Å². The van der Waals surface area contributed by atoms with Crippen LogP contribution in [-0.2, 0) is 0 Å². The Kier molecular flexibility index (Phi) is 2.01. The Bertz CT molecular complexity index is 313. The maximum Gasteiger partial charge on any atom is 0.229 e. The topological polar surface area (TPSA) is 51.0 Å².